The number of allylic oxidation sites excluding steroid dienone is 1. The number of hydrogen-bond acceptors (Lipinski definition) is 6. The molecule has 0 radical (unpaired) electrons. The molecule has 376 valence electrons. The van der Waals surface area contributed by atoms with E-state index in [2.05, 4.69) is 5.32 Å². The van der Waals surface area contributed by atoms with E-state index in [1.807, 2.05) is 0 Å². The molecule has 66 heavy (non-hydrogen) atoms. The molecule has 2 aromatic rings. The summed E-state index contributed by atoms with van der Waals surface area (Å²) in [6, 6.07) is 6.18. The van der Waals surface area contributed by atoms with Crippen LogP contribution in [0.5, 0.6) is 5.75 Å². The summed E-state index contributed by atoms with van der Waals surface area (Å²) in [5, 5.41) is 10.8. The minimum atomic E-state index is -8.72. The van der Waals surface area contributed by atoms with Crippen molar-refractivity contribution in [3.63, 3.8) is 0 Å². The number of carbonyl (C=O) groups excluding carboxylic acids is 2. The molecule has 0 heterocycles. The van der Waals surface area contributed by atoms with Gasteiger partial charge < -0.3 is 13.9 Å². The minimum absolute atomic E-state index is 0.0252. The molecule has 0 aliphatic heterocycles. The van der Waals surface area contributed by atoms with Crippen molar-refractivity contribution in [3.8, 4) is 5.75 Å². The maximum atomic E-state index is 15.0. The number of ether oxygens (including phenoxy) is 2. The highest BCUT2D eigenvalue weighted by molar-refractivity contribution is 6.76. The second kappa shape index (κ2) is 20.8. The number of nitrogens with one attached hydrogen (secondary N) is 2. The number of rotatable bonds is 23. The number of carbonyl (C=O) groups is 2. The van der Waals surface area contributed by atoms with Gasteiger partial charge in [0, 0.05) is 24.5 Å². The zero-order chi connectivity index (χ0) is 51.3. The average Bonchev–Trinajstić information content (AvgIpc) is 3.19. The first-order valence-corrected chi connectivity index (χ1v) is 21.2. The fraction of sp³-hybridized carbons (Fsp3) is 0.579. The number of hydrogen-bond donors (Lipinski definition) is 3. The zero-order valence-electron chi connectivity index (χ0n) is 34.7. The average molecular weight is 1010 g/mol. The molecule has 0 saturated carbocycles. The van der Waals surface area contributed by atoms with Crippen molar-refractivity contribution in [2.24, 2.45) is 5.92 Å². The van der Waals surface area contributed by atoms with Gasteiger partial charge in [-0.05, 0) is 53.4 Å². The molecule has 0 saturated heterocycles. The topological polar surface area (TPSA) is 106 Å². The third kappa shape index (κ3) is 11.6. The number of halogens is 19. The van der Waals surface area contributed by atoms with Crippen molar-refractivity contribution in [3.05, 3.63) is 71.8 Å². The van der Waals surface area contributed by atoms with E-state index in [0.717, 1.165) is 18.2 Å². The highest BCUT2D eigenvalue weighted by Gasteiger charge is 2.95. The summed E-state index contributed by atoms with van der Waals surface area (Å²) in [6.45, 7) is 5.59. The van der Waals surface area contributed by atoms with Crippen LogP contribution in [0.1, 0.15) is 59.1 Å². The standard InChI is InChI=1S/C38H41F19N2O6Si/c1-20(2)66(21(3)4,18-15-31(41,42)32(43,44)33(45,46)34(47,48)35(49,50)36(51,52)37(53,54)38(55,56)57)64-17-16-63-25-12-9-23(10-13-25)29(22(5)7-6-8-28(60)59-62)65-30(61)58-27-14-11-24(39)19-26(27)40/h6,8-14,19-22,29,62H,7,15-18H2,1-5H3,(H,58,61)(H,59,60)/b8-6+/t22-,29+/m0/s1. The van der Waals surface area contributed by atoms with Gasteiger partial charge in [-0.2, -0.15) is 74.6 Å². The van der Waals surface area contributed by atoms with Gasteiger partial charge in [0.2, 0.25) is 0 Å². The Morgan fingerprint density at radius 3 is 1.67 bits per heavy atom. The number of alkyl halides is 17. The fourth-order valence-electron chi connectivity index (χ4n) is 6.41. The summed E-state index contributed by atoms with van der Waals surface area (Å²) >= 11 is 0. The largest absolute Gasteiger partial charge is 0.491 e. The summed E-state index contributed by atoms with van der Waals surface area (Å²) in [5.74, 6) is -60.6. The number of hydroxylamine groups is 1. The summed E-state index contributed by atoms with van der Waals surface area (Å²) < 4.78 is 280. The minimum Gasteiger partial charge on any atom is -0.491 e. The Labute approximate surface area is 363 Å². The van der Waals surface area contributed by atoms with Crippen molar-refractivity contribution in [2.45, 2.75) is 118 Å². The smallest absolute Gasteiger partial charge is 0.460 e. The summed E-state index contributed by atoms with van der Waals surface area (Å²) in [5.41, 5.74) is -0.695. The van der Waals surface area contributed by atoms with Crippen LogP contribution >= 0.6 is 0 Å². The lowest BCUT2D eigenvalue weighted by atomic mass is 9.88. The van der Waals surface area contributed by atoms with E-state index in [0.29, 0.717) is 6.07 Å². The highest BCUT2D eigenvalue weighted by Crippen LogP contribution is 2.64. The molecule has 28 heteroatoms. The molecule has 0 unspecified atom stereocenters. The molecular weight excluding hydrogens is 969 g/mol. The lowest BCUT2D eigenvalue weighted by Gasteiger charge is -2.44. The lowest BCUT2D eigenvalue weighted by Crippen LogP contribution is -2.74. The molecule has 3 N–H and O–H groups in total. The SMILES string of the molecule is CC(C)[Si](CCC(F)(F)C(F)(F)C(F)(F)C(F)(F)C(F)(F)C(F)(F)C(F)(F)C(F)(F)F)(OCCOc1ccc([C@H](OC(=O)Nc2ccc(F)cc2F)[C@@H](C)C/C=C/C(=O)NO)cc1)C(C)C. The maximum absolute atomic E-state index is 15.0. The van der Waals surface area contributed by atoms with Crippen molar-refractivity contribution >= 4 is 26.0 Å². The fourth-order valence-corrected chi connectivity index (χ4v) is 10.9. The van der Waals surface area contributed by atoms with Crippen LogP contribution in [0.4, 0.5) is 93.9 Å². The Bertz CT molecular complexity index is 1970. The van der Waals surface area contributed by atoms with Crippen molar-refractivity contribution in [2.75, 3.05) is 18.5 Å². The first-order chi connectivity index (χ1) is 29.8. The number of anilines is 1. The van der Waals surface area contributed by atoms with Gasteiger partial charge in [-0.25, -0.2) is 19.1 Å². The molecule has 2 aromatic carbocycles. The number of benzene rings is 2. The Kier molecular flexibility index (Phi) is 18.2. The van der Waals surface area contributed by atoms with Crippen molar-refractivity contribution < 1.29 is 112 Å². The van der Waals surface area contributed by atoms with Gasteiger partial charge >= 0.3 is 53.7 Å². The van der Waals surface area contributed by atoms with Crippen LogP contribution in [0.2, 0.25) is 17.1 Å². The summed E-state index contributed by atoms with van der Waals surface area (Å²) in [4.78, 5) is 24.1. The molecule has 2 amide bonds. The van der Waals surface area contributed by atoms with E-state index in [1.54, 1.807) is 6.92 Å². The van der Waals surface area contributed by atoms with Crippen LogP contribution in [0.25, 0.3) is 0 Å². The second-order valence-corrected chi connectivity index (χ2v) is 20.4. The molecule has 8 nitrogen and oxygen atoms in total. The van der Waals surface area contributed by atoms with Crippen LogP contribution in [0.3, 0.4) is 0 Å². The van der Waals surface area contributed by atoms with Crippen molar-refractivity contribution in [1.82, 2.24) is 5.48 Å². The molecule has 0 bridgehead atoms. The van der Waals surface area contributed by atoms with Gasteiger partial charge in [-0.15, -0.1) is 0 Å². The van der Waals surface area contributed by atoms with Crippen LogP contribution < -0.4 is 15.5 Å². The molecule has 0 spiro atoms. The van der Waals surface area contributed by atoms with Gasteiger partial charge in [0.15, 0.2) is 8.32 Å². The quantitative estimate of drug-likeness (QED) is 0.0256. The van der Waals surface area contributed by atoms with Crippen molar-refractivity contribution in [1.29, 1.82) is 0 Å². The van der Waals surface area contributed by atoms with Crippen LogP contribution in [-0.2, 0) is 14.0 Å². The van der Waals surface area contributed by atoms with E-state index in [-0.39, 0.29) is 17.7 Å². The number of amides is 2. The molecule has 2 atom stereocenters. The molecule has 0 aliphatic carbocycles. The van der Waals surface area contributed by atoms with E-state index in [1.165, 1.54) is 63.5 Å². The van der Waals surface area contributed by atoms with E-state index in [9.17, 15) is 93.0 Å². The molecule has 0 fully saturated rings. The van der Waals surface area contributed by atoms with Gasteiger partial charge in [0.1, 0.15) is 30.1 Å². The van der Waals surface area contributed by atoms with Gasteiger partial charge in [0.25, 0.3) is 5.91 Å². The normalized spacial score (nSPS) is 15.0. The first kappa shape index (κ1) is 57.7. The van der Waals surface area contributed by atoms with E-state index >= 15 is 0 Å². The third-order valence-corrected chi connectivity index (χ3v) is 16.0. The van der Waals surface area contributed by atoms with Crippen LogP contribution in [-0.4, -0.2) is 86.4 Å². The second-order valence-electron chi connectivity index (χ2n) is 15.3. The third-order valence-electron chi connectivity index (χ3n) is 10.3. The van der Waals surface area contributed by atoms with Crippen LogP contribution in [0.15, 0.2) is 54.6 Å². The monoisotopic (exact) mass is 1010 g/mol. The first-order valence-electron chi connectivity index (χ1n) is 18.9. The molecule has 2 rings (SSSR count). The summed E-state index contributed by atoms with van der Waals surface area (Å²) in [7, 11) is -4.06. The Morgan fingerprint density at radius 1 is 0.697 bits per heavy atom. The Hall–Kier alpha value is -4.47. The molecular formula is C38H41F19N2O6Si. The predicted molar refractivity (Wildman–Crippen MR) is 196 cm³/mol. The Balaban J connectivity index is 2.30. The van der Waals surface area contributed by atoms with Gasteiger partial charge in [-0.1, -0.05) is 52.8 Å². The van der Waals surface area contributed by atoms with E-state index < -0.39 is 134 Å². The predicted octanol–water partition coefficient (Wildman–Crippen LogP) is 12.9. The van der Waals surface area contributed by atoms with Gasteiger partial charge in [-0.3, -0.25) is 15.3 Å². The van der Waals surface area contributed by atoms with E-state index in [4.69, 9.17) is 19.1 Å². The molecule has 0 aliphatic rings. The van der Waals surface area contributed by atoms with Gasteiger partial charge in [0.05, 0.1) is 12.3 Å². The summed E-state index contributed by atoms with van der Waals surface area (Å²) in [6.07, 6.45) is -10.5. The lowest BCUT2D eigenvalue weighted by molar-refractivity contribution is -0.461. The highest BCUT2D eigenvalue weighted by atomic mass is 28.4. The molecule has 0 aromatic heterocycles. The maximum Gasteiger partial charge on any atom is 0.460 e. The Morgan fingerprint density at radius 2 is 1.20 bits per heavy atom. The zero-order valence-corrected chi connectivity index (χ0v) is 35.7. The van der Waals surface area contributed by atoms with Crippen LogP contribution in [0, 0.1) is 17.6 Å².